The molecule has 0 fully saturated rings. The average Bonchev–Trinajstić information content (AvgIpc) is 1.97. The number of hydrogen-bond acceptors (Lipinski definition) is 2. The van der Waals surface area contributed by atoms with Crippen molar-refractivity contribution in [3.8, 4) is 0 Å². The van der Waals surface area contributed by atoms with Crippen molar-refractivity contribution in [2.45, 2.75) is 6.43 Å². The number of pyridine rings is 1. The Labute approximate surface area is 80.1 Å². The summed E-state index contributed by atoms with van der Waals surface area (Å²) in [5.74, 6) is -1.04. The van der Waals surface area contributed by atoms with Crippen LogP contribution in [0.15, 0.2) is 6.20 Å². The van der Waals surface area contributed by atoms with Gasteiger partial charge in [-0.25, -0.2) is 18.2 Å². The van der Waals surface area contributed by atoms with Gasteiger partial charge in [0.1, 0.15) is 3.70 Å². The van der Waals surface area contributed by atoms with Crippen LogP contribution < -0.4 is 5.73 Å². The van der Waals surface area contributed by atoms with Gasteiger partial charge in [-0.2, -0.15) is 0 Å². The quantitative estimate of drug-likeness (QED) is 0.636. The lowest BCUT2D eigenvalue weighted by atomic mass is 10.2. The molecule has 6 heteroatoms. The fourth-order valence-electron chi connectivity index (χ4n) is 0.712. The molecule has 1 aromatic rings. The van der Waals surface area contributed by atoms with Crippen molar-refractivity contribution in [1.82, 2.24) is 4.98 Å². The van der Waals surface area contributed by atoms with Crippen molar-refractivity contribution >= 4 is 28.3 Å². The van der Waals surface area contributed by atoms with Crippen molar-refractivity contribution in [3.05, 3.63) is 21.3 Å². The number of alkyl halides is 2. The summed E-state index contributed by atoms with van der Waals surface area (Å²) >= 11 is 1.52. The van der Waals surface area contributed by atoms with Crippen LogP contribution in [0.5, 0.6) is 0 Å². The Morgan fingerprint density at radius 3 is 2.50 bits per heavy atom. The Morgan fingerprint density at radius 1 is 1.50 bits per heavy atom. The molecule has 0 aliphatic carbocycles. The minimum absolute atomic E-state index is 0.0999. The molecule has 0 aromatic carbocycles. The van der Waals surface area contributed by atoms with Crippen molar-refractivity contribution in [2.24, 2.45) is 0 Å². The molecule has 1 heterocycles. The second-order valence-electron chi connectivity index (χ2n) is 2.03. The topological polar surface area (TPSA) is 38.9 Å². The van der Waals surface area contributed by atoms with Gasteiger partial charge < -0.3 is 5.73 Å². The van der Waals surface area contributed by atoms with Gasteiger partial charge in [0, 0.05) is 0 Å². The molecule has 0 unspecified atom stereocenters. The second-order valence-corrected chi connectivity index (χ2v) is 3.05. The second kappa shape index (κ2) is 3.46. The lowest BCUT2D eigenvalue weighted by Gasteiger charge is -2.05. The molecule has 1 rings (SSSR count). The maximum atomic E-state index is 12.9. The molecular weight excluding hydrogens is 284 g/mol. The van der Waals surface area contributed by atoms with Gasteiger partial charge in [0.15, 0.2) is 5.82 Å². The van der Waals surface area contributed by atoms with Crippen LogP contribution in [0.1, 0.15) is 12.0 Å². The highest BCUT2D eigenvalue weighted by molar-refractivity contribution is 14.1. The average molecular weight is 288 g/mol. The fourth-order valence-corrected chi connectivity index (χ4v) is 1.14. The molecule has 0 aliphatic heterocycles. The number of anilines is 1. The van der Waals surface area contributed by atoms with Crippen LogP contribution in [0.4, 0.5) is 18.9 Å². The first-order valence-corrected chi connectivity index (χ1v) is 3.99. The third kappa shape index (κ3) is 1.62. The summed E-state index contributed by atoms with van der Waals surface area (Å²) in [7, 11) is 0. The van der Waals surface area contributed by atoms with Crippen molar-refractivity contribution < 1.29 is 13.2 Å². The number of nitrogen functional groups attached to an aromatic ring is 1. The van der Waals surface area contributed by atoms with Gasteiger partial charge in [0.2, 0.25) is 0 Å². The molecule has 0 saturated carbocycles. The van der Waals surface area contributed by atoms with Crippen LogP contribution >= 0.6 is 22.6 Å². The number of hydrogen-bond donors (Lipinski definition) is 1. The van der Waals surface area contributed by atoms with Crippen LogP contribution in [-0.4, -0.2) is 4.98 Å². The minimum Gasteiger partial charge on any atom is -0.397 e. The van der Waals surface area contributed by atoms with E-state index in [0.717, 1.165) is 6.20 Å². The van der Waals surface area contributed by atoms with E-state index in [-0.39, 0.29) is 9.39 Å². The van der Waals surface area contributed by atoms with Gasteiger partial charge in [-0.15, -0.1) is 0 Å². The summed E-state index contributed by atoms with van der Waals surface area (Å²) in [6.45, 7) is 0. The molecular formula is C6H4F3IN2. The lowest BCUT2D eigenvalue weighted by molar-refractivity contribution is 0.147. The van der Waals surface area contributed by atoms with Crippen LogP contribution in [0.3, 0.4) is 0 Å². The first kappa shape index (κ1) is 9.56. The Bertz CT molecular complexity index is 303. The van der Waals surface area contributed by atoms with Gasteiger partial charge >= 0.3 is 0 Å². The fraction of sp³-hybridized carbons (Fsp3) is 0.167. The third-order valence-electron chi connectivity index (χ3n) is 1.26. The first-order valence-electron chi connectivity index (χ1n) is 2.91. The highest BCUT2D eigenvalue weighted by Crippen LogP contribution is 2.28. The molecule has 0 atom stereocenters. The molecule has 2 nitrogen and oxygen atoms in total. The number of aromatic nitrogens is 1. The van der Waals surface area contributed by atoms with Crippen molar-refractivity contribution in [2.75, 3.05) is 5.73 Å². The van der Waals surface area contributed by atoms with E-state index in [0.29, 0.717) is 0 Å². The Morgan fingerprint density at radius 2 is 2.08 bits per heavy atom. The maximum Gasteiger partial charge on any atom is 0.268 e. The van der Waals surface area contributed by atoms with Crippen LogP contribution in [0, 0.1) is 9.52 Å². The molecule has 0 spiro atoms. The molecule has 66 valence electrons. The molecule has 0 bridgehead atoms. The molecule has 12 heavy (non-hydrogen) atoms. The summed E-state index contributed by atoms with van der Waals surface area (Å²) in [5.41, 5.74) is 4.02. The number of nitrogens with two attached hydrogens (primary N) is 1. The third-order valence-corrected chi connectivity index (χ3v) is 2.02. The monoisotopic (exact) mass is 288 g/mol. The van der Waals surface area contributed by atoms with E-state index in [4.69, 9.17) is 5.73 Å². The van der Waals surface area contributed by atoms with E-state index < -0.39 is 17.8 Å². The maximum absolute atomic E-state index is 12.9. The number of halogens is 4. The summed E-state index contributed by atoms with van der Waals surface area (Å²) < 4.78 is 37.0. The molecule has 1 aromatic heterocycles. The molecule has 2 N–H and O–H groups in total. The zero-order valence-electron chi connectivity index (χ0n) is 5.69. The van der Waals surface area contributed by atoms with Crippen LogP contribution in [0.25, 0.3) is 0 Å². The number of nitrogens with zero attached hydrogens (tertiary/aromatic N) is 1. The van der Waals surface area contributed by atoms with Crippen molar-refractivity contribution in [1.29, 1.82) is 0 Å². The van der Waals surface area contributed by atoms with E-state index in [9.17, 15) is 13.2 Å². The lowest BCUT2D eigenvalue weighted by Crippen LogP contribution is -2.02. The Hall–Kier alpha value is -0.530. The summed E-state index contributed by atoms with van der Waals surface area (Å²) in [6.07, 6.45) is -1.88. The number of rotatable bonds is 1. The molecule has 0 radical (unpaired) electrons. The smallest absolute Gasteiger partial charge is 0.268 e. The predicted molar refractivity (Wildman–Crippen MR) is 46.3 cm³/mol. The van der Waals surface area contributed by atoms with E-state index in [2.05, 4.69) is 4.98 Å². The summed E-state index contributed by atoms with van der Waals surface area (Å²) in [5, 5.41) is 0. The predicted octanol–water partition coefficient (Wildman–Crippen LogP) is 2.35. The highest BCUT2D eigenvalue weighted by atomic mass is 127. The van der Waals surface area contributed by atoms with E-state index in [1.807, 2.05) is 0 Å². The van der Waals surface area contributed by atoms with Gasteiger partial charge in [-0.3, -0.25) is 0 Å². The van der Waals surface area contributed by atoms with Gasteiger partial charge in [-0.1, -0.05) is 0 Å². The Balaban J connectivity index is 3.33. The van der Waals surface area contributed by atoms with Gasteiger partial charge in [0.05, 0.1) is 17.4 Å². The zero-order valence-corrected chi connectivity index (χ0v) is 7.85. The zero-order chi connectivity index (χ0) is 9.30. The van der Waals surface area contributed by atoms with Gasteiger partial charge in [-0.05, 0) is 22.6 Å². The Kier molecular flexibility index (Phi) is 2.76. The summed E-state index contributed by atoms with van der Waals surface area (Å²) in [6, 6.07) is 0. The van der Waals surface area contributed by atoms with Crippen LogP contribution in [-0.2, 0) is 0 Å². The highest BCUT2D eigenvalue weighted by Gasteiger charge is 2.19. The standard InChI is InChI=1S/C6H4F3IN2/c7-4-3(5(8)9)2(11)1-12-6(4)10/h1,5H,11H2. The largest absolute Gasteiger partial charge is 0.397 e. The molecule has 0 aliphatic rings. The van der Waals surface area contributed by atoms with E-state index in [1.165, 1.54) is 22.6 Å². The van der Waals surface area contributed by atoms with E-state index >= 15 is 0 Å². The normalized spacial score (nSPS) is 10.8. The SMILES string of the molecule is Nc1cnc(I)c(F)c1C(F)F. The van der Waals surface area contributed by atoms with E-state index in [1.54, 1.807) is 0 Å². The minimum atomic E-state index is -2.90. The molecule has 0 saturated heterocycles. The molecule has 0 amide bonds. The first-order chi connectivity index (χ1) is 5.54. The summed E-state index contributed by atoms with van der Waals surface area (Å²) in [4.78, 5) is 3.47. The van der Waals surface area contributed by atoms with Gasteiger partial charge in [0.25, 0.3) is 6.43 Å². The van der Waals surface area contributed by atoms with Crippen LogP contribution in [0.2, 0.25) is 0 Å². The van der Waals surface area contributed by atoms with Crippen molar-refractivity contribution in [3.63, 3.8) is 0 Å².